The summed E-state index contributed by atoms with van der Waals surface area (Å²) in [7, 11) is 0. The first-order chi connectivity index (χ1) is 13.8. The third-order valence-corrected chi connectivity index (χ3v) is 5.25. The second-order valence-corrected chi connectivity index (χ2v) is 7.31. The Morgan fingerprint density at radius 3 is 2.68 bits per heavy atom. The highest BCUT2D eigenvalue weighted by atomic mass is 32.1. The fourth-order valence-corrected chi connectivity index (χ4v) is 3.65. The molecule has 0 amide bonds. The molecule has 138 valence electrons. The molecule has 7 nitrogen and oxygen atoms in total. The van der Waals surface area contributed by atoms with Gasteiger partial charge in [0.2, 0.25) is 4.96 Å². The Bertz CT molecular complexity index is 1220. The van der Waals surface area contributed by atoms with E-state index in [-0.39, 0.29) is 0 Å². The second-order valence-electron chi connectivity index (χ2n) is 6.35. The zero-order valence-electron chi connectivity index (χ0n) is 15.0. The summed E-state index contributed by atoms with van der Waals surface area (Å²) in [6.07, 6.45) is 0. The molecular formula is C20H16N6OS. The van der Waals surface area contributed by atoms with E-state index in [9.17, 15) is 0 Å². The molecule has 3 aromatic heterocycles. The number of aromatic nitrogens is 6. The Balaban J connectivity index is 1.39. The normalized spacial score (nSPS) is 11.2. The minimum absolute atomic E-state index is 0.297. The van der Waals surface area contributed by atoms with Crippen LogP contribution in [-0.2, 0) is 6.61 Å². The van der Waals surface area contributed by atoms with Crippen LogP contribution in [0.15, 0.2) is 60.7 Å². The number of ether oxygens (including phenoxy) is 1. The van der Waals surface area contributed by atoms with Gasteiger partial charge in [-0.1, -0.05) is 59.4 Å². The van der Waals surface area contributed by atoms with Crippen molar-refractivity contribution in [1.29, 1.82) is 0 Å². The van der Waals surface area contributed by atoms with E-state index in [2.05, 4.69) is 25.5 Å². The predicted molar refractivity (Wildman–Crippen MR) is 107 cm³/mol. The van der Waals surface area contributed by atoms with Crippen molar-refractivity contribution >= 4 is 16.3 Å². The Kier molecular flexibility index (Phi) is 4.10. The largest absolute Gasteiger partial charge is 0.486 e. The second kappa shape index (κ2) is 6.90. The molecule has 8 heteroatoms. The van der Waals surface area contributed by atoms with E-state index in [1.807, 2.05) is 67.6 Å². The van der Waals surface area contributed by atoms with E-state index in [4.69, 9.17) is 4.74 Å². The predicted octanol–water partition coefficient (Wildman–Crippen LogP) is 4.13. The van der Waals surface area contributed by atoms with Gasteiger partial charge in [-0.05, 0) is 25.1 Å². The minimum Gasteiger partial charge on any atom is -0.486 e. The standard InChI is InChI=1S/C20H16N6OS/c1-13-7-9-15(10-8-13)27-12-18-23-24-20-26(18)25-19(28-20)17-11-16(21-22-17)14-5-3-2-4-6-14/h2-11H,12H2,1H3,(H,21,22). The zero-order chi connectivity index (χ0) is 18.9. The smallest absolute Gasteiger partial charge is 0.235 e. The number of nitrogens with zero attached hydrogens (tertiary/aromatic N) is 5. The molecule has 0 radical (unpaired) electrons. The topological polar surface area (TPSA) is 81.0 Å². The molecule has 0 aliphatic rings. The van der Waals surface area contributed by atoms with E-state index in [0.29, 0.717) is 17.4 Å². The quantitative estimate of drug-likeness (QED) is 0.490. The van der Waals surface area contributed by atoms with E-state index >= 15 is 0 Å². The van der Waals surface area contributed by atoms with Crippen molar-refractivity contribution in [1.82, 2.24) is 30.0 Å². The first-order valence-corrected chi connectivity index (χ1v) is 9.60. The molecule has 5 aromatic rings. The van der Waals surface area contributed by atoms with Crippen LogP contribution in [-0.4, -0.2) is 30.0 Å². The van der Waals surface area contributed by atoms with Gasteiger partial charge >= 0.3 is 0 Å². The number of aromatic amines is 1. The highest BCUT2D eigenvalue weighted by Gasteiger charge is 2.15. The highest BCUT2D eigenvalue weighted by molar-refractivity contribution is 7.19. The van der Waals surface area contributed by atoms with Gasteiger partial charge in [0.05, 0.1) is 11.4 Å². The van der Waals surface area contributed by atoms with Crippen LogP contribution < -0.4 is 4.74 Å². The van der Waals surface area contributed by atoms with Crippen molar-refractivity contribution in [2.45, 2.75) is 13.5 Å². The van der Waals surface area contributed by atoms with E-state index in [1.165, 1.54) is 16.9 Å². The van der Waals surface area contributed by atoms with Crippen LogP contribution >= 0.6 is 11.3 Å². The number of hydrogen-bond acceptors (Lipinski definition) is 6. The fraction of sp³-hybridized carbons (Fsp3) is 0.100. The molecule has 0 fully saturated rings. The van der Waals surface area contributed by atoms with Crippen molar-refractivity contribution in [3.63, 3.8) is 0 Å². The van der Waals surface area contributed by atoms with Gasteiger partial charge in [-0.25, -0.2) is 0 Å². The molecule has 0 atom stereocenters. The number of benzene rings is 2. The van der Waals surface area contributed by atoms with Gasteiger partial charge < -0.3 is 4.74 Å². The summed E-state index contributed by atoms with van der Waals surface area (Å²) < 4.78 is 7.53. The molecule has 0 spiro atoms. The van der Waals surface area contributed by atoms with E-state index < -0.39 is 0 Å². The van der Waals surface area contributed by atoms with Gasteiger partial charge in [-0.15, -0.1) is 10.2 Å². The molecule has 0 saturated carbocycles. The molecule has 0 aliphatic heterocycles. The third-order valence-electron chi connectivity index (χ3n) is 4.32. The number of rotatable bonds is 5. The van der Waals surface area contributed by atoms with Gasteiger partial charge in [-0.3, -0.25) is 5.10 Å². The SMILES string of the molecule is Cc1ccc(OCc2nnc3sc(-c4cc(-c5ccccc5)n[nH]4)nn23)cc1. The molecule has 28 heavy (non-hydrogen) atoms. The summed E-state index contributed by atoms with van der Waals surface area (Å²) in [5, 5.41) is 21.3. The number of fused-ring (bicyclic) bond motifs is 1. The van der Waals surface area contributed by atoms with Crippen molar-refractivity contribution in [3.8, 4) is 27.7 Å². The monoisotopic (exact) mass is 388 g/mol. The zero-order valence-corrected chi connectivity index (χ0v) is 15.8. The van der Waals surface area contributed by atoms with Crippen LogP contribution in [0.3, 0.4) is 0 Å². The van der Waals surface area contributed by atoms with Gasteiger partial charge in [0.1, 0.15) is 12.4 Å². The Hall–Kier alpha value is -3.52. The highest BCUT2D eigenvalue weighted by Crippen LogP contribution is 2.27. The average molecular weight is 388 g/mol. The van der Waals surface area contributed by atoms with Crippen LogP contribution in [0.25, 0.3) is 26.9 Å². The van der Waals surface area contributed by atoms with Crippen molar-refractivity contribution in [2.24, 2.45) is 0 Å². The van der Waals surface area contributed by atoms with Crippen LogP contribution in [0.1, 0.15) is 11.4 Å². The Morgan fingerprint density at radius 1 is 1.04 bits per heavy atom. The van der Waals surface area contributed by atoms with Crippen molar-refractivity contribution in [2.75, 3.05) is 0 Å². The third kappa shape index (κ3) is 3.14. The number of hydrogen-bond donors (Lipinski definition) is 1. The summed E-state index contributed by atoms with van der Waals surface area (Å²) in [5.41, 5.74) is 3.97. The molecule has 0 saturated heterocycles. The van der Waals surface area contributed by atoms with Gasteiger partial charge in [0.15, 0.2) is 10.8 Å². The maximum absolute atomic E-state index is 5.81. The molecule has 0 aliphatic carbocycles. The van der Waals surface area contributed by atoms with Crippen molar-refractivity contribution in [3.05, 3.63) is 72.1 Å². The molecule has 0 unspecified atom stereocenters. The summed E-state index contributed by atoms with van der Waals surface area (Å²) in [6, 6.07) is 19.9. The lowest BCUT2D eigenvalue weighted by atomic mass is 10.1. The first-order valence-electron chi connectivity index (χ1n) is 8.78. The minimum atomic E-state index is 0.297. The van der Waals surface area contributed by atoms with Crippen LogP contribution in [0.5, 0.6) is 5.75 Å². The molecule has 0 bridgehead atoms. The first kappa shape index (κ1) is 16.6. The Morgan fingerprint density at radius 2 is 1.86 bits per heavy atom. The van der Waals surface area contributed by atoms with E-state index in [1.54, 1.807) is 4.52 Å². The molecule has 1 N–H and O–H groups in total. The summed E-state index contributed by atoms with van der Waals surface area (Å²) >= 11 is 1.45. The van der Waals surface area contributed by atoms with Crippen molar-refractivity contribution < 1.29 is 4.74 Å². The lowest BCUT2D eigenvalue weighted by Crippen LogP contribution is -2.02. The molecule has 5 rings (SSSR count). The summed E-state index contributed by atoms with van der Waals surface area (Å²) in [6.45, 7) is 2.34. The van der Waals surface area contributed by atoms with Crippen LogP contribution in [0.2, 0.25) is 0 Å². The lowest BCUT2D eigenvalue weighted by Gasteiger charge is -2.04. The lowest BCUT2D eigenvalue weighted by molar-refractivity contribution is 0.293. The average Bonchev–Trinajstić information content (AvgIpc) is 3.44. The van der Waals surface area contributed by atoms with Crippen LogP contribution in [0.4, 0.5) is 0 Å². The van der Waals surface area contributed by atoms with Gasteiger partial charge in [-0.2, -0.15) is 14.7 Å². The van der Waals surface area contributed by atoms with E-state index in [0.717, 1.165) is 27.7 Å². The summed E-state index contributed by atoms with van der Waals surface area (Å²) in [5.74, 6) is 1.44. The number of H-pyrrole nitrogens is 1. The molecule has 2 aromatic carbocycles. The number of nitrogens with one attached hydrogen (secondary N) is 1. The molecule has 3 heterocycles. The Labute approximate surface area is 164 Å². The van der Waals surface area contributed by atoms with Crippen LogP contribution in [0, 0.1) is 6.92 Å². The maximum Gasteiger partial charge on any atom is 0.235 e. The summed E-state index contributed by atoms with van der Waals surface area (Å²) in [4.78, 5) is 0.716. The van der Waals surface area contributed by atoms with Gasteiger partial charge in [0.25, 0.3) is 0 Å². The maximum atomic E-state index is 5.81. The number of aryl methyl sites for hydroxylation is 1. The van der Waals surface area contributed by atoms with Gasteiger partial charge in [0, 0.05) is 5.56 Å². The molecular weight excluding hydrogens is 372 g/mol. The fourth-order valence-electron chi connectivity index (χ4n) is 2.83.